The first-order valence-corrected chi connectivity index (χ1v) is 26.5. The van der Waals surface area contributed by atoms with Crippen LogP contribution in [0.25, 0.3) is 93.9 Å². The van der Waals surface area contributed by atoms with Crippen molar-refractivity contribution in [3.63, 3.8) is 0 Å². The first kappa shape index (κ1) is 40.9. The Hall–Kier alpha value is -4.14. The van der Waals surface area contributed by atoms with Crippen LogP contribution in [0.3, 0.4) is 0 Å². The summed E-state index contributed by atoms with van der Waals surface area (Å²) in [6, 6.07) is 42.2. The molecule has 0 fully saturated rings. The largest absolute Gasteiger partial charge is 0.140 e. The Balaban J connectivity index is 0.878. The molecular formula is C55H50S6. The predicted molar refractivity (Wildman–Crippen MR) is 283 cm³/mol. The van der Waals surface area contributed by atoms with Crippen LogP contribution in [0.1, 0.15) is 92.7 Å². The van der Waals surface area contributed by atoms with Crippen LogP contribution < -0.4 is 0 Å². The van der Waals surface area contributed by atoms with E-state index in [1.165, 1.54) is 127 Å². The second kappa shape index (κ2) is 16.5. The Bertz CT molecular complexity index is 3250. The molecule has 6 aromatic heterocycles. The van der Waals surface area contributed by atoms with Crippen molar-refractivity contribution < 1.29 is 0 Å². The third kappa shape index (κ3) is 7.62. The SMILES string of the molecule is C=CCC(C)(CC)c1cc2c(ccc3c2ccc2c4ccc5sc(-c6ccc(-c7ccc(/C=C/c8ccc(-c9ccc(C(C)(C)CCCCC)s9)s8)s7)s6)cc5c4ccc32)s1. The lowest BCUT2D eigenvalue weighted by molar-refractivity contribution is 0.458. The first-order chi connectivity index (χ1) is 29.6. The first-order valence-electron chi connectivity index (χ1n) is 21.6. The van der Waals surface area contributed by atoms with Gasteiger partial charge in [-0.15, -0.1) is 74.6 Å². The van der Waals surface area contributed by atoms with E-state index in [0.717, 1.165) is 12.8 Å². The van der Waals surface area contributed by atoms with Crippen LogP contribution in [0.2, 0.25) is 0 Å². The zero-order valence-electron chi connectivity index (χ0n) is 35.5. The molecular weight excluding hydrogens is 853 g/mol. The normalized spacial score (nSPS) is 13.5. The highest BCUT2D eigenvalue weighted by atomic mass is 32.1. The molecule has 0 amide bonds. The van der Waals surface area contributed by atoms with Crippen LogP contribution in [0.5, 0.6) is 0 Å². The van der Waals surface area contributed by atoms with Crippen LogP contribution >= 0.6 is 68.0 Å². The number of thiophene rings is 6. The summed E-state index contributed by atoms with van der Waals surface area (Å²) in [5.74, 6) is 0. The molecule has 0 radical (unpaired) electrons. The van der Waals surface area contributed by atoms with E-state index in [1.807, 2.05) is 68.0 Å². The highest BCUT2D eigenvalue weighted by molar-refractivity contribution is 7.28. The van der Waals surface area contributed by atoms with Crippen LogP contribution in [-0.2, 0) is 10.8 Å². The zero-order valence-corrected chi connectivity index (χ0v) is 40.4. The van der Waals surface area contributed by atoms with Crippen molar-refractivity contribution in [3.8, 4) is 29.3 Å². The van der Waals surface area contributed by atoms with E-state index in [1.54, 1.807) is 0 Å². The van der Waals surface area contributed by atoms with Crippen molar-refractivity contribution in [2.75, 3.05) is 0 Å². The van der Waals surface area contributed by atoms with Gasteiger partial charge in [-0.05, 0) is 142 Å². The molecule has 1 unspecified atom stereocenters. The fraction of sp³-hybridized carbons (Fsp3) is 0.236. The number of hydrogen-bond donors (Lipinski definition) is 0. The van der Waals surface area contributed by atoms with Gasteiger partial charge in [-0.3, -0.25) is 0 Å². The molecule has 0 nitrogen and oxygen atoms in total. The third-order valence-corrected chi connectivity index (χ3v) is 20.6. The van der Waals surface area contributed by atoms with Gasteiger partial charge in [0.1, 0.15) is 0 Å². The summed E-state index contributed by atoms with van der Waals surface area (Å²) in [6.45, 7) is 15.8. The maximum absolute atomic E-state index is 4.06. The number of benzene rings is 4. The molecule has 0 aliphatic heterocycles. The second-order valence-corrected chi connectivity index (χ2v) is 24.0. The lowest BCUT2D eigenvalue weighted by Gasteiger charge is -2.25. The van der Waals surface area contributed by atoms with Crippen molar-refractivity contribution in [1.29, 1.82) is 0 Å². The molecule has 0 N–H and O–H groups in total. The quantitative estimate of drug-likeness (QED) is 0.0579. The molecule has 306 valence electrons. The average Bonchev–Trinajstić information content (AvgIpc) is 4.13. The van der Waals surface area contributed by atoms with Crippen molar-refractivity contribution in [3.05, 3.63) is 141 Å². The van der Waals surface area contributed by atoms with Gasteiger partial charge in [-0.25, -0.2) is 0 Å². The molecule has 10 aromatic rings. The predicted octanol–water partition coefficient (Wildman–Crippen LogP) is 20.1. The Morgan fingerprint density at radius 1 is 0.459 bits per heavy atom. The van der Waals surface area contributed by atoms with Gasteiger partial charge < -0.3 is 0 Å². The lowest BCUT2D eigenvalue weighted by Crippen LogP contribution is -2.17. The van der Waals surface area contributed by atoms with E-state index < -0.39 is 0 Å². The smallest absolute Gasteiger partial charge is 0.0455 e. The van der Waals surface area contributed by atoms with Crippen molar-refractivity contribution in [2.24, 2.45) is 0 Å². The van der Waals surface area contributed by atoms with Gasteiger partial charge in [0.05, 0.1) is 0 Å². The van der Waals surface area contributed by atoms with E-state index >= 15 is 0 Å². The highest BCUT2D eigenvalue weighted by Crippen LogP contribution is 2.47. The van der Waals surface area contributed by atoms with E-state index in [2.05, 4.69) is 169 Å². The van der Waals surface area contributed by atoms with Gasteiger partial charge in [0, 0.05) is 74.4 Å². The van der Waals surface area contributed by atoms with Crippen molar-refractivity contribution in [1.82, 2.24) is 0 Å². The second-order valence-electron chi connectivity index (χ2n) is 17.4. The van der Waals surface area contributed by atoms with E-state index in [0.29, 0.717) is 0 Å². The average molecular weight is 903 g/mol. The number of allylic oxidation sites excluding steroid dienone is 1. The fourth-order valence-electron chi connectivity index (χ4n) is 8.93. The van der Waals surface area contributed by atoms with E-state index in [4.69, 9.17) is 0 Å². The molecule has 0 aliphatic carbocycles. The standard InChI is InChI=1S/C55H50S6/c1-7-10-11-31-54(4,5)52-29-28-49(61-52)47-23-15-35(57-47)13-12-34-14-22-46(56-34)48-26-27-50(59-48)51-32-42-40-18-16-37-36(38(40)20-24-44(42)58-51)17-19-41-39(37)21-25-45-43(41)33-53(60-45)55(6,9-3)30-8-2/h8,12-29,32-33H,2,7,9-11,30-31H2,1,3-6H3/b13-12+. The Labute approximate surface area is 384 Å². The molecule has 1 atom stereocenters. The monoisotopic (exact) mass is 902 g/mol. The van der Waals surface area contributed by atoms with Crippen molar-refractivity contribution >= 4 is 133 Å². The molecule has 6 heteroatoms. The molecule has 0 saturated heterocycles. The summed E-state index contributed by atoms with van der Waals surface area (Å²) >= 11 is 11.5. The number of hydrogen-bond acceptors (Lipinski definition) is 6. The van der Waals surface area contributed by atoms with E-state index in [9.17, 15) is 0 Å². The van der Waals surface area contributed by atoms with Gasteiger partial charge in [0.25, 0.3) is 0 Å². The summed E-state index contributed by atoms with van der Waals surface area (Å²) in [5, 5.41) is 10.7. The van der Waals surface area contributed by atoms with Crippen molar-refractivity contribution in [2.45, 2.75) is 84.0 Å². The van der Waals surface area contributed by atoms with Gasteiger partial charge in [-0.2, -0.15) is 0 Å². The van der Waals surface area contributed by atoms with Crippen LogP contribution in [0.15, 0.2) is 122 Å². The Kier molecular flexibility index (Phi) is 11.1. The number of rotatable bonds is 14. The zero-order chi connectivity index (χ0) is 41.9. The summed E-state index contributed by atoms with van der Waals surface area (Å²) in [5.41, 5.74) is 0.368. The maximum atomic E-state index is 4.06. The fourth-order valence-corrected chi connectivity index (χ4v) is 15.5. The summed E-state index contributed by atoms with van der Waals surface area (Å²) in [6.07, 6.45) is 13.9. The molecule has 0 bridgehead atoms. The number of fused-ring (bicyclic) bond motifs is 9. The minimum Gasteiger partial charge on any atom is -0.140 e. The van der Waals surface area contributed by atoms with Gasteiger partial charge in [-0.1, -0.05) is 96.4 Å². The van der Waals surface area contributed by atoms with Crippen LogP contribution in [-0.4, -0.2) is 0 Å². The molecule has 0 aliphatic rings. The summed E-state index contributed by atoms with van der Waals surface area (Å²) in [4.78, 5) is 13.6. The van der Waals surface area contributed by atoms with Gasteiger partial charge >= 0.3 is 0 Å². The lowest BCUT2D eigenvalue weighted by atomic mass is 9.82. The molecule has 0 spiro atoms. The topological polar surface area (TPSA) is 0 Å². The number of unbranched alkanes of at least 4 members (excludes halogenated alkanes) is 2. The summed E-state index contributed by atoms with van der Waals surface area (Å²) < 4.78 is 2.71. The summed E-state index contributed by atoms with van der Waals surface area (Å²) in [7, 11) is 0. The molecule has 4 aromatic carbocycles. The molecule has 61 heavy (non-hydrogen) atoms. The molecule has 10 rings (SSSR count). The van der Waals surface area contributed by atoms with E-state index in [-0.39, 0.29) is 10.8 Å². The van der Waals surface area contributed by atoms with Gasteiger partial charge in [0.2, 0.25) is 0 Å². The Morgan fingerprint density at radius 3 is 1.54 bits per heavy atom. The minimum atomic E-state index is 0.127. The minimum absolute atomic E-state index is 0.127. The maximum Gasteiger partial charge on any atom is 0.0455 e. The van der Waals surface area contributed by atoms with Crippen LogP contribution in [0, 0.1) is 0 Å². The van der Waals surface area contributed by atoms with Gasteiger partial charge in [0.15, 0.2) is 0 Å². The Morgan fingerprint density at radius 2 is 0.951 bits per heavy atom. The molecule has 6 heterocycles. The van der Waals surface area contributed by atoms with Crippen LogP contribution in [0.4, 0.5) is 0 Å². The highest BCUT2D eigenvalue weighted by Gasteiger charge is 2.26. The third-order valence-electron chi connectivity index (χ3n) is 12.8. The molecule has 0 saturated carbocycles.